The van der Waals surface area contributed by atoms with Crippen molar-refractivity contribution in [2.75, 3.05) is 5.32 Å². The van der Waals surface area contributed by atoms with Gasteiger partial charge in [0.1, 0.15) is 0 Å². The Morgan fingerprint density at radius 3 is 2.23 bits per heavy atom. The molecule has 22 heavy (non-hydrogen) atoms. The lowest BCUT2D eigenvalue weighted by Crippen LogP contribution is -2.19. The summed E-state index contributed by atoms with van der Waals surface area (Å²) in [6.07, 6.45) is 2.64. The van der Waals surface area contributed by atoms with Crippen LogP contribution in [0, 0.1) is 0 Å². The molecule has 108 valence electrons. The second kappa shape index (κ2) is 6.18. The largest absolute Gasteiger partial charge is 0.356 e. The van der Waals surface area contributed by atoms with Crippen molar-refractivity contribution in [2.24, 2.45) is 4.99 Å². The van der Waals surface area contributed by atoms with Gasteiger partial charge < -0.3 is 5.32 Å². The van der Waals surface area contributed by atoms with Crippen LogP contribution in [0.25, 0.3) is 0 Å². The molecule has 0 bridgehead atoms. The average Bonchev–Trinajstić information content (AvgIpc) is 2.54. The van der Waals surface area contributed by atoms with E-state index in [1.165, 1.54) is 12.2 Å². The number of rotatable bonds is 3. The number of hydrogen-bond donors (Lipinski definition) is 1. The quantitative estimate of drug-likeness (QED) is 0.939. The van der Waals surface area contributed by atoms with Crippen LogP contribution in [-0.4, -0.2) is 17.3 Å². The topological polar surface area (TPSA) is 58.5 Å². The SMILES string of the molecule is O=C1C=CC(=O)C(=Nc2ccc(Nc3ccccc3)cc2)C1. The third-order valence-electron chi connectivity index (χ3n) is 3.24. The van der Waals surface area contributed by atoms with Gasteiger partial charge in [-0.2, -0.15) is 0 Å². The number of anilines is 2. The molecule has 0 spiro atoms. The molecule has 0 radical (unpaired) electrons. The Morgan fingerprint density at radius 2 is 1.50 bits per heavy atom. The number of carbonyl (C=O) groups is 2. The number of allylic oxidation sites excluding steroid dienone is 2. The molecule has 0 aromatic heterocycles. The highest BCUT2D eigenvalue weighted by molar-refractivity contribution is 6.49. The molecule has 2 aromatic carbocycles. The van der Waals surface area contributed by atoms with Crippen molar-refractivity contribution in [3.05, 3.63) is 66.7 Å². The van der Waals surface area contributed by atoms with Crippen LogP contribution in [0.15, 0.2) is 71.7 Å². The fraction of sp³-hybridized carbons (Fsp3) is 0.0556. The number of ketones is 2. The van der Waals surface area contributed by atoms with Gasteiger partial charge in [-0.05, 0) is 48.6 Å². The molecule has 2 aromatic rings. The van der Waals surface area contributed by atoms with Crippen LogP contribution >= 0.6 is 0 Å². The molecular formula is C18H14N2O2. The number of benzene rings is 2. The van der Waals surface area contributed by atoms with E-state index in [4.69, 9.17) is 0 Å². The highest BCUT2D eigenvalue weighted by Gasteiger charge is 2.17. The van der Waals surface area contributed by atoms with Gasteiger partial charge in [-0.3, -0.25) is 9.59 Å². The van der Waals surface area contributed by atoms with Crippen LogP contribution < -0.4 is 5.32 Å². The molecule has 1 aliphatic rings. The van der Waals surface area contributed by atoms with E-state index in [2.05, 4.69) is 10.3 Å². The minimum absolute atomic E-state index is 0.0688. The molecule has 0 unspecified atom stereocenters. The lowest BCUT2D eigenvalue weighted by Gasteiger charge is -2.07. The highest BCUT2D eigenvalue weighted by atomic mass is 16.1. The van der Waals surface area contributed by atoms with Crippen LogP contribution in [0.5, 0.6) is 0 Å². The Balaban J connectivity index is 1.76. The van der Waals surface area contributed by atoms with Gasteiger partial charge in [0, 0.05) is 11.4 Å². The lowest BCUT2D eigenvalue weighted by molar-refractivity contribution is -0.116. The monoisotopic (exact) mass is 290 g/mol. The maximum atomic E-state index is 11.7. The Labute approximate surface area is 128 Å². The third kappa shape index (κ3) is 3.35. The Morgan fingerprint density at radius 1 is 0.818 bits per heavy atom. The minimum atomic E-state index is -0.203. The van der Waals surface area contributed by atoms with Crippen molar-refractivity contribution < 1.29 is 9.59 Å². The van der Waals surface area contributed by atoms with Crippen molar-refractivity contribution >= 4 is 34.3 Å². The number of carbonyl (C=O) groups excluding carboxylic acids is 2. The Kier molecular flexibility index (Phi) is 3.92. The number of aliphatic imine (C=N–C) groups is 1. The predicted octanol–water partition coefficient (Wildman–Crippen LogP) is 3.60. The Bertz CT molecular complexity index is 759. The van der Waals surface area contributed by atoms with Crippen LogP contribution in [0.3, 0.4) is 0 Å². The third-order valence-corrected chi connectivity index (χ3v) is 3.24. The van der Waals surface area contributed by atoms with E-state index in [9.17, 15) is 9.59 Å². The number of para-hydroxylation sites is 1. The molecule has 0 aliphatic heterocycles. The normalized spacial score (nSPS) is 16.1. The summed E-state index contributed by atoms with van der Waals surface area (Å²) in [5.41, 5.74) is 2.88. The van der Waals surface area contributed by atoms with Gasteiger partial charge in [-0.25, -0.2) is 4.99 Å². The predicted molar refractivity (Wildman–Crippen MR) is 87.0 cm³/mol. The first-order valence-electron chi connectivity index (χ1n) is 6.96. The van der Waals surface area contributed by atoms with Crippen molar-refractivity contribution in [3.63, 3.8) is 0 Å². The van der Waals surface area contributed by atoms with E-state index in [1.807, 2.05) is 54.6 Å². The van der Waals surface area contributed by atoms with Crippen LogP contribution in [0.4, 0.5) is 17.1 Å². The van der Waals surface area contributed by atoms with E-state index >= 15 is 0 Å². The van der Waals surface area contributed by atoms with E-state index in [1.54, 1.807) is 0 Å². The number of hydrogen-bond acceptors (Lipinski definition) is 4. The van der Waals surface area contributed by atoms with E-state index in [0.29, 0.717) is 5.69 Å². The van der Waals surface area contributed by atoms with Gasteiger partial charge in [-0.1, -0.05) is 18.2 Å². The average molecular weight is 290 g/mol. The van der Waals surface area contributed by atoms with Crippen molar-refractivity contribution in [2.45, 2.75) is 6.42 Å². The summed E-state index contributed by atoms with van der Waals surface area (Å²) in [6.45, 7) is 0. The summed E-state index contributed by atoms with van der Waals surface area (Å²) in [6, 6.07) is 17.2. The van der Waals surface area contributed by atoms with Crippen molar-refractivity contribution in [1.82, 2.24) is 0 Å². The molecule has 4 heteroatoms. The number of nitrogens with one attached hydrogen (secondary N) is 1. The van der Waals surface area contributed by atoms with E-state index < -0.39 is 0 Å². The Hall–Kier alpha value is -3.01. The maximum absolute atomic E-state index is 11.7. The van der Waals surface area contributed by atoms with Gasteiger partial charge in [0.2, 0.25) is 5.78 Å². The summed E-state index contributed by atoms with van der Waals surface area (Å²) in [5.74, 6) is -0.299. The molecule has 0 fully saturated rings. The van der Waals surface area contributed by atoms with E-state index in [0.717, 1.165) is 11.4 Å². The lowest BCUT2D eigenvalue weighted by atomic mass is 10.0. The molecule has 0 atom stereocenters. The van der Waals surface area contributed by atoms with E-state index in [-0.39, 0.29) is 23.7 Å². The summed E-state index contributed by atoms with van der Waals surface area (Å²) in [5, 5.41) is 3.27. The zero-order valence-corrected chi connectivity index (χ0v) is 11.8. The first-order chi connectivity index (χ1) is 10.7. The maximum Gasteiger partial charge on any atom is 0.200 e. The smallest absolute Gasteiger partial charge is 0.200 e. The molecule has 3 rings (SSSR count). The molecule has 1 aliphatic carbocycles. The highest BCUT2D eigenvalue weighted by Crippen LogP contribution is 2.21. The molecule has 0 amide bonds. The van der Waals surface area contributed by atoms with Gasteiger partial charge in [0.15, 0.2) is 5.78 Å². The van der Waals surface area contributed by atoms with Crippen LogP contribution in [0.2, 0.25) is 0 Å². The second-order valence-electron chi connectivity index (χ2n) is 4.94. The first kappa shape index (κ1) is 13.9. The molecular weight excluding hydrogens is 276 g/mol. The summed E-state index contributed by atoms with van der Waals surface area (Å²) < 4.78 is 0. The second-order valence-corrected chi connectivity index (χ2v) is 4.94. The molecule has 0 saturated heterocycles. The van der Waals surface area contributed by atoms with Crippen molar-refractivity contribution in [1.29, 1.82) is 0 Å². The molecule has 0 heterocycles. The number of nitrogens with zero attached hydrogens (tertiary/aromatic N) is 1. The molecule has 1 N–H and O–H groups in total. The van der Waals surface area contributed by atoms with Gasteiger partial charge in [0.05, 0.1) is 17.8 Å². The fourth-order valence-electron chi connectivity index (χ4n) is 2.13. The van der Waals surface area contributed by atoms with Crippen molar-refractivity contribution in [3.8, 4) is 0 Å². The fourth-order valence-corrected chi connectivity index (χ4v) is 2.13. The van der Waals surface area contributed by atoms with Crippen LogP contribution in [-0.2, 0) is 9.59 Å². The summed E-state index contributed by atoms with van der Waals surface area (Å²) in [4.78, 5) is 27.3. The zero-order valence-electron chi connectivity index (χ0n) is 11.8. The minimum Gasteiger partial charge on any atom is -0.356 e. The standard InChI is InChI=1S/C18H14N2O2/c21-16-10-11-18(22)17(12-16)20-15-8-6-14(7-9-15)19-13-4-2-1-3-5-13/h1-11,19H,12H2. The molecule has 0 saturated carbocycles. The first-order valence-corrected chi connectivity index (χ1v) is 6.96. The summed E-state index contributed by atoms with van der Waals surface area (Å²) >= 11 is 0. The van der Waals surface area contributed by atoms with Gasteiger partial charge in [0.25, 0.3) is 0 Å². The zero-order chi connectivity index (χ0) is 15.4. The van der Waals surface area contributed by atoms with Crippen LogP contribution in [0.1, 0.15) is 6.42 Å². The van der Waals surface area contributed by atoms with Gasteiger partial charge >= 0.3 is 0 Å². The van der Waals surface area contributed by atoms with Gasteiger partial charge in [-0.15, -0.1) is 0 Å². The molecule has 4 nitrogen and oxygen atoms in total. The summed E-state index contributed by atoms with van der Waals surface area (Å²) in [7, 11) is 0.